The topological polar surface area (TPSA) is 105 Å². The molecule has 1 unspecified atom stereocenters. The van der Waals surface area contributed by atoms with Crippen molar-refractivity contribution in [2.24, 2.45) is 0 Å². The molecule has 0 fully saturated rings. The summed E-state index contributed by atoms with van der Waals surface area (Å²) in [7, 11) is 2.99. The largest absolute Gasteiger partial charge is 0.389 e. The number of anilines is 1. The number of non-ortho nitro benzene ring substituents is 1. The molecule has 0 spiro atoms. The van der Waals surface area contributed by atoms with Crippen LogP contribution in [0, 0.1) is 10.1 Å². The number of hydrogen-bond acceptors (Lipinski definition) is 5. The Hall–Kier alpha value is -2.19. The zero-order valence-corrected chi connectivity index (χ0v) is 11.3. The van der Waals surface area contributed by atoms with Crippen molar-refractivity contribution >= 4 is 17.4 Å². The molecule has 0 aliphatic carbocycles. The number of urea groups is 1. The Kier molecular flexibility index (Phi) is 5.88. The van der Waals surface area contributed by atoms with Crippen molar-refractivity contribution in [2.75, 3.05) is 32.6 Å². The van der Waals surface area contributed by atoms with E-state index in [0.717, 1.165) is 0 Å². The number of carbonyl (C=O) groups excluding carboxylic acids is 1. The van der Waals surface area contributed by atoms with Crippen LogP contribution in [0.4, 0.5) is 16.2 Å². The molecule has 1 atom stereocenters. The molecule has 0 bridgehead atoms. The van der Waals surface area contributed by atoms with Crippen molar-refractivity contribution < 1.29 is 19.6 Å². The first kappa shape index (κ1) is 15.9. The second-order valence-electron chi connectivity index (χ2n) is 4.22. The first-order valence-electron chi connectivity index (χ1n) is 5.87. The Morgan fingerprint density at radius 2 is 2.10 bits per heavy atom. The van der Waals surface area contributed by atoms with Crippen LogP contribution in [0.2, 0.25) is 0 Å². The van der Waals surface area contributed by atoms with Crippen molar-refractivity contribution in [1.82, 2.24) is 4.90 Å². The van der Waals surface area contributed by atoms with Crippen LogP contribution < -0.4 is 5.32 Å². The van der Waals surface area contributed by atoms with Gasteiger partial charge in [-0.1, -0.05) is 0 Å². The van der Waals surface area contributed by atoms with Crippen molar-refractivity contribution in [3.05, 3.63) is 34.4 Å². The summed E-state index contributed by atoms with van der Waals surface area (Å²) in [6, 6.07) is 5.06. The number of ether oxygens (including phenoxy) is 1. The van der Waals surface area contributed by atoms with E-state index in [-0.39, 0.29) is 18.8 Å². The number of likely N-dealkylation sites (N-methyl/N-ethyl adjacent to an activating group) is 1. The minimum atomic E-state index is -0.771. The normalized spacial score (nSPS) is 11.8. The van der Waals surface area contributed by atoms with Crippen molar-refractivity contribution in [2.45, 2.75) is 6.10 Å². The molecule has 20 heavy (non-hydrogen) atoms. The van der Waals surface area contributed by atoms with Gasteiger partial charge in [-0.2, -0.15) is 0 Å². The standard InChI is InChI=1S/C12H17N3O5/c1-14(7-11(16)8-20-2)12(17)13-9-3-5-10(6-4-9)15(18)19/h3-6,11,16H,7-8H2,1-2H3,(H,13,17). The second-order valence-corrected chi connectivity index (χ2v) is 4.22. The molecule has 1 aromatic carbocycles. The highest BCUT2D eigenvalue weighted by atomic mass is 16.6. The van der Waals surface area contributed by atoms with Crippen molar-refractivity contribution in [3.63, 3.8) is 0 Å². The summed E-state index contributed by atoms with van der Waals surface area (Å²) < 4.78 is 4.77. The van der Waals surface area contributed by atoms with E-state index in [2.05, 4.69) is 5.32 Å². The number of benzene rings is 1. The van der Waals surface area contributed by atoms with Gasteiger partial charge >= 0.3 is 6.03 Å². The maximum Gasteiger partial charge on any atom is 0.321 e. The molecule has 0 heterocycles. The number of nitrogens with zero attached hydrogens (tertiary/aromatic N) is 2. The number of carbonyl (C=O) groups is 1. The number of methoxy groups -OCH3 is 1. The lowest BCUT2D eigenvalue weighted by Gasteiger charge is -2.20. The summed E-state index contributed by atoms with van der Waals surface area (Å²) in [5.41, 5.74) is 0.389. The summed E-state index contributed by atoms with van der Waals surface area (Å²) in [6.07, 6.45) is -0.771. The Morgan fingerprint density at radius 1 is 1.50 bits per heavy atom. The lowest BCUT2D eigenvalue weighted by atomic mass is 10.3. The molecular formula is C12H17N3O5. The van der Waals surface area contributed by atoms with Gasteiger partial charge in [0.25, 0.3) is 5.69 Å². The van der Waals surface area contributed by atoms with E-state index >= 15 is 0 Å². The van der Waals surface area contributed by atoms with Crippen molar-refractivity contribution in [1.29, 1.82) is 0 Å². The lowest BCUT2D eigenvalue weighted by Crippen LogP contribution is -2.38. The highest BCUT2D eigenvalue weighted by molar-refractivity contribution is 5.89. The minimum Gasteiger partial charge on any atom is -0.389 e. The fraction of sp³-hybridized carbons (Fsp3) is 0.417. The van der Waals surface area contributed by atoms with E-state index in [0.29, 0.717) is 5.69 Å². The van der Waals surface area contributed by atoms with Gasteiger partial charge in [0.1, 0.15) is 0 Å². The monoisotopic (exact) mass is 283 g/mol. The van der Waals surface area contributed by atoms with Gasteiger partial charge in [-0.3, -0.25) is 10.1 Å². The fourth-order valence-corrected chi connectivity index (χ4v) is 1.53. The molecule has 2 N–H and O–H groups in total. The smallest absolute Gasteiger partial charge is 0.321 e. The molecule has 1 rings (SSSR count). The number of aliphatic hydroxyl groups is 1. The average molecular weight is 283 g/mol. The maximum atomic E-state index is 11.8. The number of rotatable bonds is 6. The highest BCUT2D eigenvalue weighted by Crippen LogP contribution is 2.15. The van der Waals surface area contributed by atoms with Gasteiger partial charge in [0.05, 0.1) is 24.2 Å². The third-order valence-electron chi connectivity index (χ3n) is 2.52. The summed E-state index contributed by atoms with van der Waals surface area (Å²) in [5.74, 6) is 0. The first-order chi connectivity index (χ1) is 9.43. The number of hydrogen-bond donors (Lipinski definition) is 2. The zero-order chi connectivity index (χ0) is 15.1. The van der Waals surface area contributed by atoms with Crippen LogP contribution >= 0.6 is 0 Å². The third-order valence-corrected chi connectivity index (χ3v) is 2.52. The number of nitro groups is 1. The number of nitrogens with one attached hydrogen (secondary N) is 1. The minimum absolute atomic E-state index is 0.0492. The van der Waals surface area contributed by atoms with Crippen LogP contribution in [-0.4, -0.2) is 54.4 Å². The molecule has 0 saturated carbocycles. The molecule has 110 valence electrons. The predicted molar refractivity (Wildman–Crippen MR) is 72.6 cm³/mol. The Morgan fingerprint density at radius 3 is 2.60 bits per heavy atom. The molecule has 0 aliphatic rings. The lowest BCUT2D eigenvalue weighted by molar-refractivity contribution is -0.384. The number of nitro benzene ring substituents is 1. The Bertz CT molecular complexity index is 463. The van der Waals surface area contributed by atoms with Gasteiger partial charge in [0.2, 0.25) is 0 Å². The van der Waals surface area contributed by atoms with Crippen LogP contribution in [-0.2, 0) is 4.74 Å². The molecule has 0 aromatic heterocycles. The van der Waals surface area contributed by atoms with E-state index in [9.17, 15) is 20.0 Å². The quantitative estimate of drug-likeness (QED) is 0.600. The van der Waals surface area contributed by atoms with Gasteiger partial charge in [-0.15, -0.1) is 0 Å². The van der Waals surface area contributed by atoms with Crippen LogP contribution in [0.15, 0.2) is 24.3 Å². The number of amides is 2. The Balaban J connectivity index is 2.54. The predicted octanol–water partition coefficient (Wildman–Crippen LogP) is 1.07. The molecule has 0 aliphatic heterocycles. The van der Waals surface area contributed by atoms with Crippen LogP contribution in [0.25, 0.3) is 0 Å². The molecule has 8 nitrogen and oxygen atoms in total. The zero-order valence-electron chi connectivity index (χ0n) is 11.3. The van der Waals surface area contributed by atoms with Crippen molar-refractivity contribution in [3.8, 4) is 0 Å². The molecular weight excluding hydrogens is 266 g/mol. The molecule has 0 radical (unpaired) electrons. The van der Waals surface area contributed by atoms with E-state index in [1.807, 2.05) is 0 Å². The summed E-state index contributed by atoms with van der Waals surface area (Å²) in [5, 5.41) is 22.6. The van der Waals surface area contributed by atoms with Gasteiger partial charge in [0, 0.05) is 32.0 Å². The molecule has 8 heteroatoms. The first-order valence-corrected chi connectivity index (χ1v) is 5.87. The molecule has 1 aromatic rings. The maximum absolute atomic E-state index is 11.8. The second kappa shape index (κ2) is 7.41. The van der Waals surface area contributed by atoms with Gasteiger partial charge < -0.3 is 20.1 Å². The Labute approximate surface area is 116 Å². The van der Waals surface area contributed by atoms with Gasteiger partial charge in [-0.25, -0.2) is 4.79 Å². The van der Waals surface area contributed by atoms with E-state index in [4.69, 9.17) is 4.74 Å². The van der Waals surface area contributed by atoms with Crippen LogP contribution in [0.1, 0.15) is 0 Å². The van der Waals surface area contributed by atoms with Gasteiger partial charge in [-0.05, 0) is 12.1 Å². The summed E-state index contributed by atoms with van der Waals surface area (Å²) >= 11 is 0. The van der Waals surface area contributed by atoms with E-state index in [1.165, 1.54) is 43.3 Å². The summed E-state index contributed by atoms with van der Waals surface area (Å²) in [4.78, 5) is 23.1. The molecule has 2 amide bonds. The van der Waals surface area contributed by atoms with E-state index in [1.54, 1.807) is 0 Å². The van der Waals surface area contributed by atoms with Gasteiger partial charge in [0.15, 0.2) is 0 Å². The van der Waals surface area contributed by atoms with E-state index < -0.39 is 17.1 Å². The molecule has 0 saturated heterocycles. The van der Waals surface area contributed by atoms with Crippen LogP contribution in [0.5, 0.6) is 0 Å². The SMILES string of the molecule is COCC(O)CN(C)C(=O)Nc1ccc([N+](=O)[O-])cc1. The fourth-order valence-electron chi connectivity index (χ4n) is 1.53. The number of aliphatic hydroxyl groups excluding tert-OH is 1. The third kappa shape index (κ3) is 4.82. The summed E-state index contributed by atoms with van der Waals surface area (Å²) in [6.45, 7) is 0.252. The van der Waals surface area contributed by atoms with Crippen LogP contribution in [0.3, 0.4) is 0 Å². The average Bonchev–Trinajstić information content (AvgIpc) is 2.39. The highest BCUT2D eigenvalue weighted by Gasteiger charge is 2.14.